The SMILES string of the molecule is Cc1ccc(-c2cc(C(=O)NN=Cc3ccc(N(C)C)cc3)n[nH]2)o1. The van der Waals surface area contributed by atoms with Gasteiger partial charge in [0, 0.05) is 25.8 Å². The Morgan fingerprint density at radius 3 is 2.64 bits per heavy atom. The number of carbonyl (C=O) groups excluding carboxylic acids is 1. The highest BCUT2D eigenvalue weighted by Gasteiger charge is 2.12. The largest absolute Gasteiger partial charge is 0.460 e. The normalized spacial score (nSPS) is 11.0. The fourth-order valence-electron chi connectivity index (χ4n) is 2.22. The summed E-state index contributed by atoms with van der Waals surface area (Å²) in [6, 6.07) is 13.1. The van der Waals surface area contributed by atoms with Gasteiger partial charge in [-0.05, 0) is 36.8 Å². The van der Waals surface area contributed by atoms with Crippen molar-refractivity contribution in [3.8, 4) is 11.5 Å². The molecule has 3 rings (SSSR count). The van der Waals surface area contributed by atoms with E-state index in [9.17, 15) is 4.79 Å². The van der Waals surface area contributed by atoms with Crippen LogP contribution in [0.15, 0.2) is 52.0 Å². The quantitative estimate of drug-likeness (QED) is 0.554. The van der Waals surface area contributed by atoms with Gasteiger partial charge in [-0.3, -0.25) is 9.89 Å². The zero-order valence-electron chi connectivity index (χ0n) is 14.3. The number of benzene rings is 1. The van der Waals surface area contributed by atoms with E-state index in [1.54, 1.807) is 12.3 Å². The third-order valence-electron chi connectivity index (χ3n) is 3.61. The molecular weight excluding hydrogens is 318 g/mol. The topological polar surface area (TPSA) is 86.5 Å². The molecule has 0 aliphatic carbocycles. The number of carbonyl (C=O) groups is 1. The van der Waals surface area contributed by atoms with E-state index >= 15 is 0 Å². The molecule has 3 aromatic rings. The summed E-state index contributed by atoms with van der Waals surface area (Å²) in [5.41, 5.74) is 5.33. The summed E-state index contributed by atoms with van der Waals surface area (Å²) in [7, 11) is 3.96. The van der Waals surface area contributed by atoms with Gasteiger partial charge >= 0.3 is 0 Å². The summed E-state index contributed by atoms with van der Waals surface area (Å²) in [6.45, 7) is 1.85. The number of hydrazone groups is 1. The third-order valence-corrected chi connectivity index (χ3v) is 3.61. The lowest BCUT2D eigenvalue weighted by molar-refractivity contribution is 0.0950. The van der Waals surface area contributed by atoms with Crippen LogP contribution < -0.4 is 10.3 Å². The average molecular weight is 337 g/mol. The minimum atomic E-state index is -0.396. The van der Waals surface area contributed by atoms with Crippen molar-refractivity contribution in [2.75, 3.05) is 19.0 Å². The molecule has 7 heteroatoms. The minimum Gasteiger partial charge on any atom is -0.460 e. The Morgan fingerprint density at radius 2 is 2.00 bits per heavy atom. The number of rotatable bonds is 5. The van der Waals surface area contributed by atoms with Crippen LogP contribution in [0.4, 0.5) is 5.69 Å². The maximum absolute atomic E-state index is 12.1. The number of anilines is 1. The summed E-state index contributed by atoms with van der Waals surface area (Å²) in [5.74, 6) is 1.03. The Labute approximate surface area is 145 Å². The molecule has 0 aliphatic rings. The van der Waals surface area contributed by atoms with Crippen molar-refractivity contribution in [3.05, 3.63) is 59.5 Å². The summed E-state index contributed by atoms with van der Waals surface area (Å²) >= 11 is 0. The van der Waals surface area contributed by atoms with Gasteiger partial charge in [-0.1, -0.05) is 12.1 Å². The first-order chi connectivity index (χ1) is 12.0. The van der Waals surface area contributed by atoms with Gasteiger partial charge in [0.2, 0.25) is 0 Å². The van der Waals surface area contributed by atoms with E-state index in [4.69, 9.17) is 4.42 Å². The van der Waals surface area contributed by atoms with Crippen LogP contribution >= 0.6 is 0 Å². The molecule has 0 atom stereocenters. The number of nitrogens with zero attached hydrogens (tertiary/aromatic N) is 3. The number of hydrogen-bond donors (Lipinski definition) is 2. The first-order valence-electron chi connectivity index (χ1n) is 7.76. The first-order valence-corrected chi connectivity index (χ1v) is 7.76. The van der Waals surface area contributed by atoms with Crippen molar-refractivity contribution in [3.63, 3.8) is 0 Å². The molecule has 0 unspecified atom stereocenters. The highest BCUT2D eigenvalue weighted by atomic mass is 16.3. The van der Waals surface area contributed by atoms with Gasteiger partial charge in [-0.15, -0.1) is 0 Å². The smallest absolute Gasteiger partial charge is 0.291 e. The zero-order valence-corrected chi connectivity index (χ0v) is 14.3. The molecule has 0 bridgehead atoms. The first kappa shape index (κ1) is 16.5. The average Bonchev–Trinajstić information content (AvgIpc) is 3.24. The lowest BCUT2D eigenvalue weighted by atomic mass is 10.2. The van der Waals surface area contributed by atoms with E-state index in [0.717, 1.165) is 17.0 Å². The van der Waals surface area contributed by atoms with Crippen molar-refractivity contribution in [2.45, 2.75) is 6.92 Å². The lowest BCUT2D eigenvalue weighted by Crippen LogP contribution is -2.18. The standard InChI is InChI=1S/C18H19N5O2/c1-12-4-9-17(25-12)15-10-16(21-20-15)18(24)22-19-11-13-5-7-14(8-6-13)23(2)3/h4-11H,1-3H3,(H,20,21)(H,22,24). The number of aryl methyl sites for hydroxylation is 1. The molecule has 0 fully saturated rings. The Kier molecular flexibility index (Phi) is 4.65. The van der Waals surface area contributed by atoms with E-state index in [2.05, 4.69) is 20.7 Å². The minimum absolute atomic E-state index is 0.240. The molecular formula is C18H19N5O2. The van der Waals surface area contributed by atoms with Crippen molar-refractivity contribution in [1.29, 1.82) is 0 Å². The van der Waals surface area contributed by atoms with E-state index in [1.807, 2.05) is 62.3 Å². The van der Waals surface area contributed by atoms with Crippen LogP contribution in [0.25, 0.3) is 11.5 Å². The Morgan fingerprint density at radius 1 is 1.24 bits per heavy atom. The molecule has 2 aromatic heterocycles. The highest BCUT2D eigenvalue weighted by Crippen LogP contribution is 2.20. The third kappa shape index (κ3) is 3.95. The predicted molar refractivity (Wildman–Crippen MR) is 96.9 cm³/mol. The fourth-order valence-corrected chi connectivity index (χ4v) is 2.22. The van der Waals surface area contributed by atoms with Crippen LogP contribution in [0.2, 0.25) is 0 Å². The summed E-state index contributed by atoms with van der Waals surface area (Å²) in [4.78, 5) is 14.1. The molecule has 0 saturated heterocycles. The number of aromatic amines is 1. The second kappa shape index (κ2) is 7.04. The molecule has 1 amide bonds. The molecule has 25 heavy (non-hydrogen) atoms. The van der Waals surface area contributed by atoms with Gasteiger partial charge in [0.25, 0.3) is 5.91 Å². The molecule has 7 nitrogen and oxygen atoms in total. The van der Waals surface area contributed by atoms with Crippen LogP contribution in [-0.2, 0) is 0 Å². The number of hydrogen-bond acceptors (Lipinski definition) is 5. The van der Waals surface area contributed by atoms with Crippen LogP contribution in [0.5, 0.6) is 0 Å². The molecule has 0 saturated carbocycles. The maximum Gasteiger partial charge on any atom is 0.291 e. The van der Waals surface area contributed by atoms with Gasteiger partial charge < -0.3 is 9.32 Å². The second-order valence-corrected chi connectivity index (χ2v) is 5.76. The summed E-state index contributed by atoms with van der Waals surface area (Å²) in [5, 5.41) is 10.7. The van der Waals surface area contributed by atoms with E-state index in [0.29, 0.717) is 11.5 Å². The second-order valence-electron chi connectivity index (χ2n) is 5.76. The summed E-state index contributed by atoms with van der Waals surface area (Å²) in [6.07, 6.45) is 1.58. The molecule has 0 spiro atoms. The molecule has 2 heterocycles. The molecule has 2 N–H and O–H groups in total. The number of H-pyrrole nitrogens is 1. The van der Waals surface area contributed by atoms with Gasteiger partial charge in [-0.25, -0.2) is 5.43 Å². The van der Waals surface area contributed by atoms with Gasteiger partial charge in [-0.2, -0.15) is 10.2 Å². The zero-order chi connectivity index (χ0) is 17.8. The molecule has 0 radical (unpaired) electrons. The van der Waals surface area contributed by atoms with E-state index < -0.39 is 5.91 Å². The lowest BCUT2D eigenvalue weighted by Gasteiger charge is -2.11. The predicted octanol–water partition coefficient (Wildman–Crippen LogP) is 2.81. The number of furan rings is 1. The van der Waals surface area contributed by atoms with Crippen LogP contribution in [-0.4, -0.2) is 36.4 Å². The highest BCUT2D eigenvalue weighted by molar-refractivity contribution is 5.94. The van der Waals surface area contributed by atoms with E-state index in [1.165, 1.54) is 0 Å². The Hall–Kier alpha value is -3.35. The maximum atomic E-state index is 12.1. The molecule has 0 aliphatic heterocycles. The molecule has 1 aromatic carbocycles. The van der Waals surface area contributed by atoms with Crippen LogP contribution in [0, 0.1) is 6.92 Å². The van der Waals surface area contributed by atoms with Crippen molar-refractivity contribution < 1.29 is 9.21 Å². The van der Waals surface area contributed by atoms with Gasteiger partial charge in [0.15, 0.2) is 11.5 Å². The fraction of sp³-hybridized carbons (Fsp3) is 0.167. The Balaban J connectivity index is 1.61. The van der Waals surface area contributed by atoms with Crippen LogP contribution in [0.3, 0.4) is 0 Å². The Bertz CT molecular complexity index is 890. The van der Waals surface area contributed by atoms with Crippen molar-refractivity contribution in [1.82, 2.24) is 15.6 Å². The number of nitrogens with one attached hydrogen (secondary N) is 2. The van der Waals surface area contributed by atoms with Gasteiger partial charge in [0.05, 0.1) is 6.21 Å². The van der Waals surface area contributed by atoms with Crippen molar-refractivity contribution >= 4 is 17.8 Å². The van der Waals surface area contributed by atoms with Crippen molar-refractivity contribution in [2.24, 2.45) is 5.10 Å². The summed E-state index contributed by atoms with van der Waals surface area (Å²) < 4.78 is 5.49. The number of aromatic nitrogens is 2. The molecule has 128 valence electrons. The van der Waals surface area contributed by atoms with Crippen LogP contribution in [0.1, 0.15) is 21.8 Å². The van der Waals surface area contributed by atoms with Gasteiger partial charge in [0.1, 0.15) is 11.5 Å². The van der Waals surface area contributed by atoms with E-state index in [-0.39, 0.29) is 5.69 Å². The monoisotopic (exact) mass is 337 g/mol. The number of amides is 1.